The highest BCUT2D eigenvalue weighted by Gasteiger charge is 2.24. The molecule has 1 heterocycles. The normalized spacial score (nSPS) is 17.1. The predicted octanol–water partition coefficient (Wildman–Crippen LogP) is 5.26. The fourth-order valence-electron chi connectivity index (χ4n) is 4.23. The lowest BCUT2D eigenvalue weighted by molar-refractivity contribution is 0.0693. The van der Waals surface area contributed by atoms with Gasteiger partial charge in [-0.25, -0.2) is 0 Å². The summed E-state index contributed by atoms with van der Waals surface area (Å²) in [6.45, 7) is 7.44. The summed E-state index contributed by atoms with van der Waals surface area (Å²) in [6.07, 6.45) is 3.77. The highest BCUT2D eigenvalue weighted by molar-refractivity contribution is 6.32. The fraction of sp³-hybridized carbons (Fsp3) is 0.556. The van der Waals surface area contributed by atoms with Gasteiger partial charge in [-0.2, -0.15) is 0 Å². The zero-order valence-corrected chi connectivity index (χ0v) is 21.7. The summed E-state index contributed by atoms with van der Waals surface area (Å²) in [4.78, 5) is 2.34. The van der Waals surface area contributed by atoms with Gasteiger partial charge >= 0.3 is 0 Å². The van der Waals surface area contributed by atoms with Crippen LogP contribution in [0.1, 0.15) is 50.7 Å². The van der Waals surface area contributed by atoms with Gasteiger partial charge in [0.2, 0.25) is 0 Å². The lowest BCUT2D eigenvalue weighted by atomic mass is 9.78. The first-order valence-corrected chi connectivity index (χ1v) is 13.0. The molecule has 34 heavy (non-hydrogen) atoms. The number of hydrogen-bond acceptors (Lipinski definition) is 5. The number of rotatable bonds is 11. The number of β-amino-alcohol motifs (C(OH)–C–C–N with tert-alkyl or cyclic N) is 1. The molecule has 5 nitrogen and oxygen atoms in total. The van der Waals surface area contributed by atoms with Crippen molar-refractivity contribution in [2.75, 3.05) is 38.7 Å². The number of benzene rings is 2. The van der Waals surface area contributed by atoms with E-state index < -0.39 is 12.2 Å². The molecular weight excluding hydrogens is 473 g/mol. The number of likely N-dealkylation sites (tertiary alicyclic amines) is 1. The average molecular weight is 511 g/mol. The maximum atomic E-state index is 10.4. The Bertz CT molecular complexity index is 883. The van der Waals surface area contributed by atoms with Crippen molar-refractivity contribution in [3.63, 3.8) is 0 Å². The molecule has 2 atom stereocenters. The van der Waals surface area contributed by atoms with Crippen LogP contribution >= 0.6 is 23.2 Å². The molecule has 1 aliphatic heterocycles. The summed E-state index contributed by atoms with van der Waals surface area (Å²) >= 11 is 12.1. The molecule has 2 aromatic rings. The summed E-state index contributed by atoms with van der Waals surface area (Å²) < 4.78 is 11.4. The van der Waals surface area contributed by atoms with Gasteiger partial charge in [0.15, 0.2) is 0 Å². The van der Waals surface area contributed by atoms with Gasteiger partial charge in [-0.15, -0.1) is 11.6 Å². The second kappa shape index (κ2) is 13.0. The van der Waals surface area contributed by atoms with Crippen molar-refractivity contribution < 1.29 is 19.7 Å². The van der Waals surface area contributed by atoms with Crippen LogP contribution < -0.4 is 9.47 Å². The van der Waals surface area contributed by atoms with Gasteiger partial charge in [0.25, 0.3) is 0 Å². The molecule has 2 unspecified atom stereocenters. The van der Waals surface area contributed by atoms with E-state index in [1.54, 1.807) is 0 Å². The molecule has 2 aromatic carbocycles. The molecule has 1 saturated heterocycles. The zero-order valence-electron chi connectivity index (χ0n) is 20.2. The first-order chi connectivity index (χ1) is 16.3. The molecule has 0 aromatic heterocycles. The Morgan fingerprint density at radius 1 is 0.882 bits per heavy atom. The van der Waals surface area contributed by atoms with Crippen molar-refractivity contribution in [1.29, 1.82) is 0 Å². The molecule has 3 rings (SSSR count). The minimum atomic E-state index is -0.731. The van der Waals surface area contributed by atoms with E-state index >= 15 is 0 Å². The molecule has 1 fully saturated rings. The van der Waals surface area contributed by atoms with E-state index in [0.717, 1.165) is 30.0 Å². The Balaban J connectivity index is 1.56. The molecule has 2 N–H and O–H groups in total. The Hall–Kier alpha value is -1.50. The second-order valence-corrected chi connectivity index (χ2v) is 10.3. The lowest BCUT2D eigenvalue weighted by Gasteiger charge is -2.27. The van der Waals surface area contributed by atoms with Gasteiger partial charge in [-0.3, -0.25) is 0 Å². The summed E-state index contributed by atoms with van der Waals surface area (Å²) in [5.41, 5.74) is 1.87. The molecule has 1 aliphatic rings. The van der Waals surface area contributed by atoms with Crippen molar-refractivity contribution in [3.05, 3.63) is 58.6 Å². The molecule has 7 heteroatoms. The van der Waals surface area contributed by atoms with Gasteiger partial charge in [-0.1, -0.05) is 56.5 Å². The maximum Gasteiger partial charge on any atom is 0.138 e. The van der Waals surface area contributed by atoms with E-state index in [1.807, 2.05) is 42.5 Å². The summed E-state index contributed by atoms with van der Waals surface area (Å²) in [5.74, 6) is 1.38. The van der Waals surface area contributed by atoms with Crippen LogP contribution in [-0.4, -0.2) is 66.0 Å². The fourth-order valence-corrected chi connectivity index (χ4v) is 4.56. The van der Waals surface area contributed by atoms with Crippen LogP contribution in [0, 0.1) is 0 Å². The Kier molecular flexibility index (Phi) is 10.3. The van der Waals surface area contributed by atoms with Crippen molar-refractivity contribution in [2.45, 2.75) is 57.2 Å². The van der Waals surface area contributed by atoms with Gasteiger partial charge in [0.05, 0.1) is 10.9 Å². The molecule has 188 valence electrons. The number of halogens is 2. The predicted molar refractivity (Wildman–Crippen MR) is 139 cm³/mol. The molecule has 0 amide bonds. The van der Waals surface area contributed by atoms with Crippen molar-refractivity contribution in [2.24, 2.45) is 0 Å². The maximum absolute atomic E-state index is 10.4. The minimum Gasteiger partial charge on any atom is -0.491 e. The van der Waals surface area contributed by atoms with E-state index in [2.05, 4.69) is 18.7 Å². The molecule has 0 bridgehead atoms. The van der Waals surface area contributed by atoms with Crippen LogP contribution in [0.25, 0.3) is 0 Å². The van der Waals surface area contributed by atoms with Crippen LogP contribution in [0.15, 0.2) is 42.5 Å². The first kappa shape index (κ1) is 27.1. The molecule has 0 radical (unpaired) electrons. The highest BCUT2D eigenvalue weighted by atomic mass is 35.5. The third-order valence-electron chi connectivity index (χ3n) is 6.45. The molecule has 0 aliphatic carbocycles. The summed E-state index contributed by atoms with van der Waals surface area (Å²) in [5, 5.41) is 20.5. The number of hydrogen-bond donors (Lipinski definition) is 2. The number of aliphatic hydroxyl groups excluding tert-OH is 2. The van der Waals surface area contributed by atoms with Crippen LogP contribution in [0.3, 0.4) is 0 Å². The van der Waals surface area contributed by atoms with E-state index in [-0.39, 0.29) is 24.5 Å². The van der Waals surface area contributed by atoms with Gasteiger partial charge in [-0.05, 0) is 61.3 Å². The van der Waals surface area contributed by atoms with Gasteiger partial charge in [0, 0.05) is 12.0 Å². The minimum absolute atomic E-state index is 0.0974. The quantitative estimate of drug-likeness (QED) is 0.404. The van der Waals surface area contributed by atoms with Gasteiger partial charge in [0.1, 0.15) is 36.9 Å². The molecule has 0 saturated carbocycles. The summed E-state index contributed by atoms with van der Waals surface area (Å²) in [6, 6.07) is 13.7. The van der Waals surface area contributed by atoms with E-state index in [0.29, 0.717) is 17.3 Å². The Morgan fingerprint density at radius 2 is 1.50 bits per heavy atom. The Labute approximate surface area is 213 Å². The van der Waals surface area contributed by atoms with Gasteiger partial charge < -0.3 is 24.6 Å². The van der Waals surface area contributed by atoms with Crippen LogP contribution in [0.5, 0.6) is 11.5 Å². The van der Waals surface area contributed by atoms with Crippen LogP contribution in [0.2, 0.25) is 5.02 Å². The molecular formula is C27H37Cl2NO4. The number of alkyl halides is 1. The summed E-state index contributed by atoms with van der Waals surface area (Å²) in [7, 11) is 0. The van der Waals surface area contributed by atoms with E-state index in [4.69, 9.17) is 32.7 Å². The number of ether oxygens (including phenoxy) is 2. The second-order valence-electron chi connectivity index (χ2n) is 9.59. The molecule has 0 spiro atoms. The van der Waals surface area contributed by atoms with Crippen LogP contribution in [-0.2, 0) is 5.41 Å². The van der Waals surface area contributed by atoms with Crippen molar-refractivity contribution in [1.82, 2.24) is 4.90 Å². The highest BCUT2D eigenvalue weighted by Crippen LogP contribution is 2.36. The Morgan fingerprint density at radius 3 is 2.12 bits per heavy atom. The third kappa shape index (κ3) is 7.76. The average Bonchev–Trinajstić information content (AvgIpc) is 3.10. The van der Waals surface area contributed by atoms with Crippen molar-refractivity contribution >= 4 is 23.2 Å². The standard InChI is InChI=1S/C27H37Cl2NO4/c1-27(2,21-9-12-26(25(29)15-21)34-18-22(31)16-28)20-7-10-24(11-8-20)33-19-23(32)17-30-13-5-3-4-6-14-30/h7-12,15,22-23,31-32H,3-6,13-14,16-19H2,1-2H3. The van der Waals surface area contributed by atoms with E-state index in [1.165, 1.54) is 25.7 Å². The monoisotopic (exact) mass is 509 g/mol. The smallest absolute Gasteiger partial charge is 0.138 e. The topological polar surface area (TPSA) is 62.2 Å². The van der Waals surface area contributed by atoms with Crippen LogP contribution in [0.4, 0.5) is 0 Å². The largest absolute Gasteiger partial charge is 0.491 e. The lowest BCUT2D eigenvalue weighted by Crippen LogP contribution is -2.36. The third-order valence-corrected chi connectivity index (χ3v) is 7.10. The number of aliphatic hydroxyl groups is 2. The first-order valence-electron chi connectivity index (χ1n) is 12.1. The number of nitrogens with zero attached hydrogens (tertiary/aromatic N) is 1. The SMILES string of the molecule is CC(C)(c1ccc(OCC(O)CN2CCCCCC2)cc1)c1ccc(OCC(O)CCl)c(Cl)c1. The van der Waals surface area contributed by atoms with E-state index in [9.17, 15) is 10.2 Å². The zero-order chi connectivity index (χ0) is 24.6. The van der Waals surface area contributed by atoms with Crippen molar-refractivity contribution in [3.8, 4) is 11.5 Å².